The lowest BCUT2D eigenvalue weighted by Gasteiger charge is -2.13. The number of pyridine rings is 1. The molecule has 3 aromatic rings. The molecule has 0 radical (unpaired) electrons. The number of rotatable bonds is 1. The fourth-order valence-electron chi connectivity index (χ4n) is 1.97. The fourth-order valence-corrected chi connectivity index (χ4v) is 1.97. The van der Waals surface area contributed by atoms with Crippen LogP contribution < -0.4 is 5.73 Å². The number of nitrogens with two attached hydrogens (primary N) is 1. The topological polar surface area (TPSA) is 69.1 Å². The van der Waals surface area contributed by atoms with E-state index < -0.39 is 0 Å². The summed E-state index contributed by atoms with van der Waals surface area (Å²) in [7, 11) is 0. The molecule has 5 nitrogen and oxygen atoms in total. The summed E-state index contributed by atoms with van der Waals surface area (Å²) in [6, 6.07) is 5.73. The smallest absolute Gasteiger partial charge is 0.155 e. The molecule has 0 saturated heterocycles. The first-order chi connectivity index (χ1) is 9.43. The Hall–Kier alpha value is -2.43. The molecule has 5 heteroatoms. The average Bonchev–Trinajstić information content (AvgIpc) is 2.82. The van der Waals surface area contributed by atoms with Gasteiger partial charge in [-0.3, -0.25) is 0 Å². The van der Waals surface area contributed by atoms with Gasteiger partial charge >= 0.3 is 0 Å². The van der Waals surface area contributed by atoms with Crippen LogP contribution in [0, 0.1) is 0 Å². The Bertz CT molecular complexity index is 750. The van der Waals surface area contributed by atoms with Gasteiger partial charge in [-0.1, -0.05) is 20.8 Å². The first-order valence-corrected chi connectivity index (χ1v) is 6.51. The number of nitrogens with zero attached hydrogens (tertiary/aromatic N) is 4. The highest BCUT2D eigenvalue weighted by Gasteiger charge is 2.18. The van der Waals surface area contributed by atoms with E-state index in [1.54, 1.807) is 12.3 Å². The van der Waals surface area contributed by atoms with E-state index in [-0.39, 0.29) is 5.41 Å². The van der Waals surface area contributed by atoms with Crippen LogP contribution in [0.25, 0.3) is 16.8 Å². The number of aromatic nitrogens is 4. The molecule has 0 unspecified atom stereocenters. The minimum absolute atomic E-state index is 0.0105. The maximum Gasteiger partial charge on any atom is 0.155 e. The largest absolute Gasteiger partial charge is 0.384 e. The molecule has 3 aromatic heterocycles. The fraction of sp³-hybridized carbons (Fsp3) is 0.267. The molecule has 3 heterocycles. The van der Waals surface area contributed by atoms with Crippen LogP contribution in [-0.4, -0.2) is 19.6 Å². The van der Waals surface area contributed by atoms with Gasteiger partial charge < -0.3 is 5.73 Å². The molecule has 3 rings (SSSR count). The second kappa shape index (κ2) is 4.30. The van der Waals surface area contributed by atoms with Gasteiger partial charge in [-0.05, 0) is 12.1 Å². The van der Waals surface area contributed by atoms with Gasteiger partial charge in [0.25, 0.3) is 0 Å². The van der Waals surface area contributed by atoms with Crippen molar-refractivity contribution < 1.29 is 0 Å². The van der Waals surface area contributed by atoms with Crippen molar-refractivity contribution in [3.63, 3.8) is 0 Å². The zero-order chi connectivity index (χ0) is 14.3. The maximum absolute atomic E-state index is 5.60. The molecule has 0 fully saturated rings. The quantitative estimate of drug-likeness (QED) is 0.736. The molecule has 20 heavy (non-hydrogen) atoms. The third-order valence-electron chi connectivity index (χ3n) is 3.20. The lowest BCUT2D eigenvalue weighted by molar-refractivity contribution is 0.562. The zero-order valence-corrected chi connectivity index (χ0v) is 11.8. The van der Waals surface area contributed by atoms with E-state index in [0.717, 1.165) is 22.5 Å². The predicted octanol–water partition coefficient (Wildman–Crippen LogP) is 2.67. The second-order valence-electron chi connectivity index (χ2n) is 5.90. The molecular formula is C15H17N5. The Labute approximate surface area is 117 Å². The Kier molecular flexibility index (Phi) is 2.71. The van der Waals surface area contributed by atoms with Crippen molar-refractivity contribution in [3.05, 3.63) is 42.5 Å². The van der Waals surface area contributed by atoms with E-state index in [2.05, 4.69) is 35.8 Å². The second-order valence-corrected chi connectivity index (χ2v) is 5.90. The van der Waals surface area contributed by atoms with E-state index in [4.69, 9.17) is 5.73 Å². The molecule has 0 aliphatic carbocycles. The van der Waals surface area contributed by atoms with Gasteiger partial charge in [0, 0.05) is 41.2 Å². The molecule has 102 valence electrons. The number of hydrogen-bond acceptors (Lipinski definition) is 4. The third kappa shape index (κ3) is 2.22. The summed E-state index contributed by atoms with van der Waals surface area (Å²) < 4.78 is 1.81. The molecule has 0 bridgehead atoms. The Morgan fingerprint density at radius 1 is 1.05 bits per heavy atom. The van der Waals surface area contributed by atoms with Crippen molar-refractivity contribution in [1.29, 1.82) is 0 Å². The van der Waals surface area contributed by atoms with E-state index in [9.17, 15) is 0 Å². The predicted molar refractivity (Wildman–Crippen MR) is 79.3 cm³/mol. The van der Waals surface area contributed by atoms with Crippen LogP contribution in [0.1, 0.15) is 26.5 Å². The number of nitrogen functional groups attached to an aromatic ring is 1. The first-order valence-electron chi connectivity index (χ1n) is 6.51. The van der Waals surface area contributed by atoms with E-state index in [0.29, 0.717) is 5.82 Å². The Morgan fingerprint density at radius 2 is 1.80 bits per heavy atom. The lowest BCUT2D eigenvalue weighted by Crippen LogP contribution is -2.11. The molecule has 0 atom stereocenters. The Morgan fingerprint density at radius 3 is 2.45 bits per heavy atom. The summed E-state index contributed by atoms with van der Waals surface area (Å²) in [4.78, 5) is 8.56. The molecule has 2 N–H and O–H groups in total. The summed E-state index contributed by atoms with van der Waals surface area (Å²) in [5, 5.41) is 4.60. The summed E-state index contributed by atoms with van der Waals surface area (Å²) >= 11 is 0. The molecule has 0 amide bonds. The van der Waals surface area contributed by atoms with Gasteiger partial charge in [-0.25, -0.2) is 14.5 Å². The standard InChI is InChI=1S/C15H17N5/c1-15(2,3)12-6-14-18-8-11(9-20(14)19-12)10-4-5-13(16)17-7-10/h4-9H,1-3H3,(H2,16,17). The van der Waals surface area contributed by atoms with Crippen molar-refractivity contribution in [1.82, 2.24) is 19.6 Å². The van der Waals surface area contributed by atoms with Gasteiger partial charge in [-0.2, -0.15) is 5.10 Å². The van der Waals surface area contributed by atoms with Crippen molar-refractivity contribution in [2.45, 2.75) is 26.2 Å². The van der Waals surface area contributed by atoms with E-state index in [1.807, 2.05) is 29.0 Å². The van der Waals surface area contributed by atoms with Crippen LogP contribution in [0.3, 0.4) is 0 Å². The summed E-state index contributed by atoms with van der Waals surface area (Å²) in [6.45, 7) is 6.42. The maximum atomic E-state index is 5.60. The highest BCUT2D eigenvalue weighted by Crippen LogP contribution is 2.23. The van der Waals surface area contributed by atoms with E-state index in [1.165, 1.54) is 0 Å². The van der Waals surface area contributed by atoms with Crippen LogP contribution in [0.15, 0.2) is 36.8 Å². The van der Waals surface area contributed by atoms with Gasteiger partial charge in [0.1, 0.15) is 5.82 Å². The van der Waals surface area contributed by atoms with Crippen LogP contribution in [0.4, 0.5) is 5.82 Å². The van der Waals surface area contributed by atoms with Crippen LogP contribution in [0.2, 0.25) is 0 Å². The molecule has 0 spiro atoms. The van der Waals surface area contributed by atoms with Crippen molar-refractivity contribution in [2.75, 3.05) is 5.73 Å². The van der Waals surface area contributed by atoms with Crippen LogP contribution in [0.5, 0.6) is 0 Å². The number of fused-ring (bicyclic) bond motifs is 1. The lowest BCUT2D eigenvalue weighted by atomic mass is 9.93. The van der Waals surface area contributed by atoms with Gasteiger partial charge in [0.2, 0.25) is 0 Å². The van der Waals surface area contributed by atoms with Crippen molar-refractivity contribution >= 4 is 11.5 Å². The monoisotopic (exact) mass is 267 g/mol. The highest BCUT2D eigenvalue weighted by molar-refractivity contribution is 5.63. The minimum atomic E-state index is 0.0105. The number of hydrogen-bond donors (Lipinski definition) is 1. The Balaban J connectivity index is 2.08. The SMILES string of the molecule is CC(C)(C)c1cc2ncc(-c3ccc(N)nc3)cn2n1. The van der Waals surface area contributed by atoms with E-state index >= 15 is 0 Å². The van der Waals surface area contributed by atoms with Gasteiger partial charge in [0.15, 0.2) is 5.65 Å². The zero-order valence-electron chi connectivity index (χ0n) is 11.8. The van der Waals surface area contributed by atoms with Crippen LogP contribution in [-0.2, 0) is 5.41 Å². The average molecular weight is 267 g/mol. The normalized spacial score (nSPS) is 11.9. The van der Waals surface area contributed by atoms with Gasteiger partial charge in [-0.15, -0.1) is 0 Å². The molecule has 0 saturated carbocycles. The third-order valence-corrected chi connectivity index (χ3v) is 3.20. The summed E-state index contributed by atoms with van der Waals surface area (Å²) in [5.74, 6) is 0.511. The highest BCUT2D eigenvalue weighted by atomic mass is 15.2. The molecule has 0 aliphatic rings. The van der Waals surface area contributed by atoms with Crippen molar-refractivity contribution in [2.24, 2.45) is 0 Å². The summed E-state index contributed by atoms with van der Waals surface area (Å²) in [6.07, 6.45) is 5.54. The molecule has 0 aromatic carbocycles. The van der Waals surface area contributed by atoms with Crippen molar-refractivity contribution in [3.8, 4) is 11.1 Å². The summed E-state index contributed by atoms with van der Waals surface area (Å²) in [5.41, 5.74) is 9.43. The first kappa shape index (κ1) is 12.6. The molecular weight excluding hydrogens is 250 g/mol. The van der Waals surface area contributed by atoms with Crippen LogP contribution >= 0.6 is 0 Å². The minimum Gasteiger partial charge on any atom is -0.384 e. The number of anilines is 1. The van der Waals surface area contributed by atoms with Gasteiger partial charge in [0.05, 0.1) is 5.69 Å². The molecule has 0 aliphatic heterocycles.